The molecule has 0 saturated heterocycles. The predicted molar refractivity (Wildman–Crippen MR) is 74.4 cm³/mol. The Bertz CT molecular complexity index is 698. The smallest absolute Gasteiger partial charge is 0.283 e. The Hall–Kier alpha value is -1.84. The Morgan fingerprint density at radius 1 is 0.842 bits per heavy atom. The van der Waals surface area contributed by atoms with Crippen molar-refractivity contribution in [2.24, 2.45) is 0 Å². The van der Waals surface area contributed by atoms with E-state index in [1.807, 2.05) is 6.07 Å². The fourth-order valence-electron chi connectivity index (χ4n) is 2.11. The maximum Gasteiger partial charge on any atom is 0.304 e. The summed E-state index contributed by atoms with van der Waals surface area (Å²) in [7, 11) is 0. The summed E-state index contributed by atoms with van der Waals surface area (Å²) in [6.45, 7) is 0. The third-order valence-corrected chi connectivity index (χ3v) is 3.56. The van der Waals surface area contributed by atoms with Crippen LogP contribution in [0.5, 0.6) is 0 Å². The lowest BCUT2D eigenvalue weighted by molar-refractivity contribution is -0.113. The number of carbonyl (C=O) groups is 2. The maximum absolute atomic E-state index is 12.1. The summed E-state index contributed by atoms with van der Waals surface area (Å²) in [5, 5.41) is 0.554. The zero-order valence-corrected chi connectivity index (χ0v) is 11.1. The van der Waals surface area contributed by atoms with Gasteiger partial charge in [0.25, 0.3) is 5.78 Å². The Balaban J connectivity index is 2.29. The highest BCUT2D eigenvalue weighted by Crippen LogP contribution is 2.43. The molecule has 2 aromatic carbocycles. The Labute approximate surface area is 119 Å². The fraction of sp³-hybridized carbons (Fsp3) is 0. The first-order valence-corrected chi connectivity index (χ1v) is 6.28. The van der Waals surface area contributed by atoms with Crippen molar-refractivity contribution in [3.8, 4) is 0 Å². The summed E-state index contributed by atoms with van der Waals surface area (Å²) >= 11 is 12.1. The number of fused-ring (bicyclic) bond motifs is 1. The average molecular weight is 292 g/mol. The standard InChI is InChI=1S/C14H7Cl2NO2/c15-9-6-7-10(16)12-11(9)13(18)14(19)17(12)8-4-2-1-3-5-8/h1-7H. The summed E-state index contributed by atoms with van der Waals surface area (Å²) in [5.74, 6) is -1.28. The first-order valence-electron chi connectivity index (χ1n) is 5.53. The highest BCUT2D eigenvalue weighted by molar-refractivity contribution is 6.58. The van der Waals surface area contributed by atoms with Crippen LogP contribution in [0.25, 0.3) is 0 Å². The molecule has 1 heterocycles. The van der Waals surface area contributed by atoms with Gasteiger partial charge < -0.3 is 0 Å². The van der Waals surface area contributed by atoms with Gasteiger partial charge in [0.2, 0.25) is 0 Å². The fourth-order valence-corrected chi connectivity index (χ4v) is 2.59. The number of Topliss-reactive ketones (excluding diaryl/α,β-unsaturated/α-hetero) is 1. The maximum atomic E-state index is 12.1. The monoisotopic (exact) mass is 291 g/mol. The molecule has 0 unspecified atom stereocenters. The third kappa shape index (κ3) is 1.74. The molecule has 0 spiro atoms. The van der Waals surface area contributed by atoms with E-state index in [2.05, 4.69) is 0 Å². The number of hydrogen-bond donors (Lipinski definition) is 0. The molecule has 0 saturated carbocycles. The molecular weight excluding hydrogens is 285 g/mol. The molecule has 0 fully saturated rings. The van der Waals surface area contributed by atoms with Crippen LogP contribution in [-0.4, -0.2) is 11.7 Å². The number of anilines is 2. The second-order valence-electron chi connectivity index (χ2n) is 4.06. The minimum atomic E-state index is -0.642. The number of ketones is 1. The Morgan fingerprint density at radius 2 is 1.47 bits per heavy atom. The number of para-hydroxylation sites is 1. The molecule has 2 aromatic rings. The molecule has 1 amide bonds. The summed E-state index contributed by atoms with van der Waals surface area (Å²) in [5.41, 5.74) is 1.11. The van der Waals surface area contributed by atoms with Gasteiger partial charge in [-0.2, -0.15) is 0 Å². The van der Waals surface area contributed by atoms with E-state index in [1.165, 1.54) is 11.0 Å². The summed E-state index contributed by atoms with van der Waals surface area (Å²) < 4.78 is 0. The van der Waals surface area contributed by atoms with Crippen LogP contribution in [0.1, 0.15) is 10.4 Å². The van der Waals surface area contributed by atoms with Crippen LogP contribution in [0.2, 0.25) is 10.0 Å². The quantitative estimate of drug-likeness (QED) is 0.748. The van der Waals surface area contributed by atoms with E-state index in [0.717, 1.165) is 0 Å². The summed E-state index contributed by atoms with van der Waals surface area (Å²) in [4.78, 5) is 25.4. The van der Waals surface area contributed by atoms with Crippen LogP contribution in [-0.2, 0) is 4.79 Å². The normalized spacial score (nSPS) is 13.9. The van der Waals surface area contributed by atoms with Crippen LogP contribution in [0.15, 0.2) is 42.5 Å². The minimum absolute atomic E-state index is 0.169. The second kappa shape index (κ2) is 4.37. The van der Waals surface area contributed by atoms with Crippen LogP contribution in [0, 0.1) is 0 Å². The van der Waals surface area contributed by atoms with Crippen molar-refractivity contribution < 1.29 is 9.59 Å². The summed E-state index contributed by atoms with van der Waals surface area (Å²) in [6, 6.07) is 11.9. The van der Waals surface area contributed by atoms with Gasteiger partial charge in [0, 0.05) is 5.69 Å². The number of halogens is 2. The lowest BCUT2D eigenvalue weighted by Crippen LogP contribution is -2.24. The van der Waals surface area contributed by atoms with Gasteiger partial charge >= 0.3 is 5.91 Å². The van der Waals surface area contributed by atoms with Crippen LogP contribution in [0.3, 0.4) is 0 Å². The van der Waals surface area contributed by atoms with Crippen LogP contribution >= 0.6 is 23.2 Å². The molecule has 0 atom stereocenters. The molecule has 1 aliphatic rings. The molecule has 3 rings (SSSR count). The van der Waals surface area contributed by atoms with Crippen molar-refractivity contribution in [1.82, 2.24) is 0 Å². The predicted octanol–water partition coefficient (Wildman–Crippen LogP) is 3.85. The van der Waals surface area contributed by atoms with Crippen molar-refractivity contribution in [2.45, 2.75) is 0 Å². The van der Waals surface area contributed by atoms with E-state index in [-0.39, 0.29) is 10.6 Å². The van der Waals surface area contributed by atoms with Gasteiger partial charge in [0.05, 0.1) is 21.3 Å². The Morgan fingerprint density at radius 3 is 2.16 bits per heavy atom. The Kier molecular flexibility index (Phi) is 2.81. The number of benzene rings is 2. The van der Waals surface area contributed by atoms with Gasteiger partial charge in [-0.05, 0) is 24.3 Å². The lowest BCUT2D eigenvalue weighted by atomic mass is 10.1. The molecule has 0 bridgehead atoms. The van der Waals surface area contributed by atoms with Gasteiger partial charge in [0.15, 0.2) is 0 Å². The summed E-state index contributed by atoms with van der Waals surface area (Å²) in [6.07, 6.45) is 0. The number of rotatable bonds is 1. The van der Waals surface area contributed by atoms with Gasteiger partial charge in [-0.3, -0.25) is 14.5 Å². The minimum Gasteiger partial charge on any atom is -0.283 e. The lowest BCUT2D eigenvalue weighted by Gasteiger charge is -2.17. The molecule has 0 aromatic heterocycles. The van der Waals surface area contributed by atoms with Gasteiger partial charge in [-0.1, -0.05) is 41.4 Å². The zero-order chi connectivity index (χ0) is 13.6. The molecule has 94 valence electrons. The van der Waals surface area contributed by atoms with E-state index < -0.39 is 11.7 Å². The SMILES string of the molecule is O=C1C(=O)N(c2ccccc2)c2c(Cl)ccc(Cl)c21. The molecule has 3 nitrogen and oxygen atoms in total. The first-order chi connectivity index (χ1) is 9.11. The van der Waals surface area contributed by atoms with Crippen molar-refractivity contribution in [3.05, 3.63) is 58.1 Å². The van der Waals surface area contributed by atoms with Gasteiger partial charge in [0.1, 0.15) is 0 Å². The van der Waals surface area contributed by atoms with E-state index in [4.69, 9.17) is 23.2 Å². The number of amides is 1. The van der Waals surface area contributed by atoms with E-state index >= 15 is 0 Å². The average Bonchev–Trinajstić information content (AvgIpc) is 2.69. The largest absolute Gasteiger partial charge is 0.304 e. The highest BCUT2D eigenvalue weighted by Gasteiger charge is 2.40. The van der Waals surface area contributed by atoms with E-state index in [1.54, 1.807) is 30.3 Å². The van der Waals surface area contributed by atoms with E-state index in [0.29, 0.717) is 16.4 Å². The topological polar surface area (TPSA) is 37.4 Å². The second-order valence-corrected chi connectivity index (χ2v) is 4.87. The number of hydrogen-bond acceptors (Lipinski definition) is 2. The molecule has 0 N–H and O–H groups in total. The van der Waals surface area contributed by atoms with Crippen molar-refractivity contribution in [2.75, 3.05) is 4.90 Å². The molecule has 5 heteroatoms. The zero-order valence-electron chi connectivity index (χ0n) is 9.56. The van der Waals surface area contributed by atoms with Gasteiger partial charge in [-0.15, -0.1) is 0 Å². The van der Waals surface area contributed by atoms with Crippen molar-refractivity contribution in [3.63, 3.8) is 0 Å². The molecular formula is C14H7Cl2NO2. The molecule has 0 radical (unpaired) electrons. The number of carbonyl (C=O) groups excluding carboxylic acids is 2. The first kappa shape index (κ1) is 12.2. The van der Waals surface area contributed by atoms with Crippen LogP contribution < -0.4 is 4.90 Å². The van der Waals surface area contributed by atoms with E-state index in [9.17, 15) is 9.59 Å². The third-order valence-electron chi connectivity index (χ3n) is 2.94. The van der Waals surface area contributed by atoms with Gasteiger partial charge in [-0.25, -0.2) is 0 Å². The van der Waals surface area contributed by atoms with Crippen LogP contribution in [0.4, 0.5) is 11.4 Å². The number of nitrogens with zero attached hydrogens (tertiary/aromatic N) is 1. The molecule has 1 aliphatic heterocycles. The molecule has 0 aliphatic carbocycles. The van der Waals surface area contributed by atoms with Crippen molar-refractivity contribution in [1.29, 1.82) is 0 Å². The molecule has 19 heavy (non-hydrogen) atoms. The van der Waals surface area contributed by atoms with Crippen molar-refractivity contribution >= 4 is 46.3 Å². The highest BCUT2D eigenvalue weighted by atomic mass is 35.5.